The maximum absolute atomic E-state index is 11.2. The Morgan fingerprint density at radius 3 is 0.872 bits per heavy atom. The van der Waals surface area contributed by atoms with E-state index in [1.807, 2.05) is 0 Å². The number of hydrogen-bond donors (Lipinski definition) is 0. The van der Waals surface area contributed by atoms with Crippen LogP contribution in [0.4, 0.5) is 0 Å². The fourth-order valence-electron chi connectivity index (χ4n) is 10.5. The first-order chi connectivity index (χ1) is 37.0. The van der Waals surface area contributed by atoms with E-state index in [-0.39, 0.29) is 37.4 Å². The molecule has 78 heavy (non-hydrogen) atoms. The molecule has 0 saturated heterocycles. The second-order valence-corrected chi connectivity index (χ2v) is 23.8. The van der Waals surface area contributed by atoms with Crippen LogP contribution in [0.1, 0.15) is 327 Å². The second-order valence-electron chi connectivity index (χ2n) is 23.8. The van der Waals surface area contributed by atoms with E-state index in [0.717, 1.165) is 117 Å². The van der Waals surface area contributed by atoms with Gasteiger partial charge in [-0.3, -0.25) is 14.4 Å². The van der Waals surface area contributed by atoms with Crippen molar-refractivity contribution in [3.05, 3.63) is 12.2 Å². The molecule has 0 heterocycles. The summed E-state index contributed by atoms with van der Waals surface area (Å²) in [4.78, 5) is 52.0. The molecular formula is C69H134O8Rh. The van der Waals surface area contributed by atoms with Gasteiger partial charge in [-0.15, -0.1) is 0 Å². The van der Waals surface area contributed by atoms with E-state index in [4.69, 9.17) is 9.53 Å². The van der Waals surface area contributed by atoms with Crippen molar-refractivity contribution >= 4 is 30.5 Å². The van der Waals surface area contributed by atoms with Crippen LogP contribution in [-0.4, -0.2) is 51.8 Å². The van der Waals surface area contributed by atoms with Gasteiger partial charge in [-0.05, 0) is 112 Å². The smallest absolute Gasteiger partial charge is 0.305 e. The first-order valence-electron chi connectivity index (χ1n) is 32.7. The number of esters is 3. The summed E-state index contributed by atoms with van der Waals surface area (Å²) in [6, 6.07) is 0. The second kappa shape index (κ2) is 65.9. The SMILES string of the molecule is CC=O.CCCCCCCC/C=C\CCCCCCCC(=O)OC.COC(=O)CCCCCCCCCCCCCCCCCC=O.COC(=O)CCCCCCC[C@@H](C)[C@@H](C)[C@@H](C)[C@H](C)[C@@H](C)[C@H](C)[C@@H](C)[C@H](C)C(C)C.[Rh]. The van der Waals surface area contributed by atoms with Gasteiger partial charge in [0.05, 0.1) is 21.3 Å². The number of hydrogen-bond acceptors (Lipinski definition) is 8. The van der Waals surface area contributed by atoms with Gasteiger partial charge in [0.25, 0.3) is 0 Å². The molecule has 0 aromatic heterocycles. The first-order valence-corrected chi connectivity index (χ1v) is 32.7. The average Bonchev–Trinajstić information content (AvgIpc) is 3.43. The summed E-state index contributed by atoms with van der Waals surface area (Å²) in [6.07, 6.45) is 52.2. The van der Waals surface area contributed by atoms with Crippen LogP contribution in [0.25, 0.3) is 0 Å². The summed E-state index contributed by atoms with van der Waals surface area (Å²) in [6.45, 7) is 28.3. The molecule has 0 amide bonds. The summed E-state index contributed by atoms with van der Waals surface area (Å²) >= 11 is 0. The minimum Gasteiger partial charge on any atom is -0.469 e. The van der Waals surface area contributed by atoms with E-state index < -0.39 is 0 Å². The molecule has 8 nitrogen and oxygen atoms in total. The normalized spacial score (nSPS) is 14.1. The Morgan fingerprint density at radius 1 is 0.346 bits per heavy atom. The monoisotopic (exact) mass is 1190 g/mol. The molecule has 0 aliphatic rings. The maximum atomic E-state index is 11.2. The Labute approximate surface area is 499 Å². The molecule has 0 spiro atoms. The molecule has 1 radical (unpaired) electrons. The summed E-state index contributed by atoms with van der Waals surface area (Å²) in [5, 5.41) is 0. The quantitative estimate of drug-likeness (QED) is 0.0148. The minimum atomic E-state index is -0.0778. The van der Waals surface area contributed by atoms with Crippen LogP contribution in [0.5, 0.6) is 0 Å². The molecule has 0 aliphatic carbocycles. The van der Waals surface area contributed by atoms with Crippen LogP contribution < -0.4 is 0 Å². The van der Waals surface area contributed by atoms with Crippen molar-refractivity contribution in [3.63, 3.8) is 0 Å². The Hall–Kier alpha value is -1.89. The summed E-state index contributed by atoms with van der Waals surface area (Å²) in [5.41, 5.74) is 0. The topological polar surface area (TPSA) is 113 Å². The van der Waals surface area contributed by atoms with Gasteiger partial charge in [0, 0.05) is 45.2 Å². The number of allylic oxidation sites excluding steroid dienone is 2. The summed E-state index contributed by atoms with van der Waals surface area (Å²) in [7, 11) is 4.39. The van der Waals surface area contributed by atoms with Crippen molar-refractivity contribution in [1.82, 2.24) is 0 Å². The molecule has 0 N–H and O–H groups in total. The van der Waals surface area contributed by atoms with Gasteiger partial charge >= 0.3 is 17.9 Å². The molecule has 0 unspecified atom stereocenters. The standard InChI is InChI=1S/C28H56O2.C20H38O3.C19H36O2.C2H4O.Rh/c1-19(2)21(4)23(6)25(8)27(10)26(9)24(7)22(5)20(3)17-15-13-12-14-16-18-28(29)30-11;1-23-20(22)18-16-14-12-10-8-6-4-2-3-5-7-9-11-13-15-17-19-21;1-3-4-5-6-7-8-9-10-11-12-13-14-15-16-17-18-19(20)21-2;1-2-3;/h19-27H,12-18H2,1-11H3;19H,2-18H2,1H3;10-11H,3-9,12-18H2,1-2H3;2H,1H3;/b;;11-10-;;/t20-,21-,22-,23+,24-,25-,26+,27+;;;;/m1..../s1. The third kappa shape index (κ3) is 58.8. The van der Waals surface area contributed by atoms with Crippen LogP contribution in [-0.2, 0) is 57.7 Å². The fourth-order valence-corrected chi connectivity index (χ4v) is 10.5. The molecule has 0 fully saturated rings. The molecular weight excluding hydrogens is 1060 g/mol. The number of unbranched alkanes of at least 4 members (excludes halogenated alkanes) is 30. The Balaban J connectivity index is -0.000000336. The predicted molar refractivity (Wildman–Crippen MR) is 332 cm³/mol. The van der Waals surface area contributed by atoms with Crippen molar-refractivity contribution in [2.75, 3.05) is 21.3 Å². The van der Waals surface area contributed by atoms with Crippen LogP contribution >= 0.6 is 0 Å². The number of rotatable bonds is 49. The van der Waals surface area contributed by atoms with Crippen molar-refractivity contribution in [2.24, 2.45) is 53.3 Å². The largest absolute Gasteiger partial charge is 0.469 e. The molecule has 0 aliphatic heterocycles. The van der Waals surface area contributed by atoms with Gasteiger partial charge in [0.15, 0.2) is 0 Å². The van der Waals surface area contributed by atoms with Gasteiger partial charge < -0.3 is 23.8 Å². The number of carbonyl (C=O) groups is 5. The van der Waals surface area contributed by atoms with E-state index in [0.29, 0.717) is 19.3 Å². The summed E-state index contributed by atoms with van der Waals surface area (Å²) < 4.78 is 14.0. The van der Waals surface area contributed by atoms with Crippen LogP contribution in [0.15, 0.2) is 12.2 Å². The van der Waals surface area contributed by atoms with Crippen LogP contribution in [0, 0.1) is 53.3 Å². The van der Waals surface area contributed by atoms with Crippen LogP contribution in [0.3, 0.4) is 0 Å². The zero-order chi connectivity index (χ0) is 58.7. The van der Waals surface area contributed by atoms with Crippen LogP contribution in [0.2, 0.25) is 0 Å². The zero-order valence-corrected chi connectivity index (χ0v) is 56.1. The van der Waals surface area contributed by atoms with E-state index in [1.54, 1.807) is 0 Å². The van der Waals surface area contributed by atoms with E-state index in [2.05, 4.69) is 97.8 Å². The van der Waals surface area contributed by atoms with E-state index >= 15 is 0 Å². The first kappa shape index (κ1) is 84.9. The predicted octanol–water partition coefficient (Wildman–Crippen LogP) is 21.0. The molecule has 8 atom stereocenters. The number of carbonyl (C=O) groups excluding carboxylic acids is 5. The van der Waals surface area contributed by atoms with Crippen molar-refractivity contribution in [3.8, 4) is 0 Å². The zero-order valence-electron chi connectivity index (χ0n) is 54.5. The Bertz CT molecular complexity index is 1300. The van der Waals surface area contributed by atoms with Gasteiger partial charge in [0.1, 0.15) is 12.6 Å². The third-order valence-electron chi connectivity index (χ3n) is 17.5. The van der Waals surface area contributed by atoms with Gasteiger partial charge in [-0.1, -0.05) is 255 Å². The van der Waals surface area contributed by atoms with Gasteiger partial charge in [0.2, 0.25) is 0 Å². The molecule has 0 aromatic carbocycles. The minimum absolute atomic E-state index is 0. The fraction of sp³-hybridized carbons (Fsp3) is 0.899. The Morgan fingerprint density at radius 2 is 0.590 bits per heavy atom. The number of aldehydes is 2. The van der Waals surface area contributed by atoms with E-state index in [9.17, 15) is 19.2 Å². The van der Waals surface area contributed by atoms with Crippen molar-refractivity contribution < 1.29 is 57.7 Å². The maximum Gasteiger partial charge on any atom is 0.305 e. The molecule has 9 heteroatoms. The Kier molecular flexibility index (Phi) is 71.8. The number of methoxy groups -OCH3 is 3. The molecule has 0 rings (SSSR count). The van der Waals surface area contributed by atoms with Gasteiger partial charge in [-0.2, -0.15) is 0 Å². The van der Waals surface area contributed by atoms with E-state index in [1.165, 1.54) is 202 Å². The molecule has 0 saturated carbocycles. The molecule has 0 aromatic rings. The van der Waals surface area contributed by atoms with Crippen molar-refractivity contribution in [2.45, 2.75) is 327 Å². The summed E-state index contributed by atoms with van der Waals surface area (Å²) in [5.74, 6) is 6.72. The number of ether oxygens (including phenoxy) is 3. The van der Waals surface area contributed by atoms with Gasteiger partial charge in [-0.25, -0.2) is 0 Å². The third-order valence-corrected chi connectivity index (χ3v) is 17.5. The van der Waals surface area contributed by atoms with Crippen molar-refractivity contribution in [1.29, 1.82) is 0 Å². The molecule has 467 valence electrons. The average molecular weight is 1190 g/mol. The molecule has 0 bridgehead atoms.